The van der Waals surface area contributed by atoms with Crippen molar-refractivity contribution >= 4 is 15.7 Å². The van der Waals surface area contributed by atoms with E-state index in [-0.39, 0.29) is 10.6 Å². The maximum absolute atomic E-state index is 12.6. The molecule has 0 fully saturated rings. The zero-order valence-electron chi connectivity index (χ0n) is 11.0. The quantitative estimate of drug-likeness (QED) is 0.841. The molecule has 0 unspecified atom stereocenters. The van der Waals surface area contributed by atoms with E-state index in [9.17, 15) is 8.42 Å². The molecule has 0 bridgehead atoms. The number of nitriles is 1. The van der Waals surface area contributed by atoms with Crippen LogP contribution in [0.15, 0.2) is 41.4 Å². The van der Waals surface area contributed by atoms with Gasteiger partial charge in [-0.25, -0.2) is 13.4 Å². The van der Waals surface area contributed by atoms with Crippen molar-refractivity contribution in [1.82, 2.24) is 9.29 Å². The summed E-state index contributed by atoms with van der Waals surface area (Å²) in [6, 6.07) is 10.1. The molecule has 0 spiro atoms. The van der Waals surface area contributed by atoms with E-state index in [0.29, 0.717) is 18.8 Å². The summed E-state index contributed by atoms with van der Waals surface area (Å²) in [6.07, 6.45) is 1.21. The molecule has 1 aromatic carbocycles. The first kappa shape index (κ1) is 13.5. The van der Waals surface area contributed by atoms with Crippen molar-refractivity contribution in [3.63, 3.8) is 0 Å². The average molecular weight is 300 g/mol. The van der Waals surface area contributed by atoms with E-state index < -0.39 is 10.0 Å². The number of hydrogen-bond acceptors (Lipinski definition) is 5. The fraction of sp³-hybridized carbons (Fsp3) is 0.143. The van der Waals surface area contributed by atoms with Crippen molar-refractivity contribution in [2.75, 3.05) is 5.73 Å². The van der Waals surface area contributed by atoms with Crippen LogP contribution >= 0.6 is 0 Å². The number of hydrogen-bond donors (Lipinski definition) is 1. The maximum Gasteiger partial charge on any atom is 0.245 e. The van der Waals surface area contributed by atoms with Gasteiger partial charge >= 0.3 is 0 Å². The van der Waals surface area contributed by atoms with Crippen LogP contribution in [0, 0.1) is 11.3 Å². The molecule has 1 aromatic heterocycles. The number of pyridine rings is 1. The van der Waals surface area contributed by atoms with E-state index in [4.69, 9.17) is 11.0 Å². The van der Waals surface area contributed by atoms with Gasteiger partial charge < -0.3 is 5.73 Å². The van der Waals surface area contributed by atoms with Crippen LogP contribution in [-0.2, 0) is 23.1 Å². The highest BCUT2D eigenvalue weighted by Gasteiger charge is 2.30. The minimum atomic E-state index is -3.62. The molecule has 106 valence electrons. The van der Waals surface area contributed by atoms with E-state index in [0.717, 1.165) is 11.1 Å². The van der Waals surface area contributed by atoms with Crippen LogP contribution in [0.1, 0.15) is 16.8 Å². The number of rotatable bonds is 2. The van der Waals surface area contributed by atoms with Crippen LogP contribution in [0.2, 0.25) is 0 Å². The molecule has 0 aliphatic carbocycles. The van der Waals surface area contributed by atoms with Gasteiger partial charge in [0.25, 0.3) is 0 Å². The van der Waals surface area contributed by atoms with Gasteiger partial charge in [0, 0.05) is 25.0 Å². The maximum atomic E-state index is 12.6. The first-order valence-corrected chi connectivity index (χ1v) is 7.68. The molecular formula is C14H12N4O2S. The second kappa shape index (κ2) is 4.84. The van der Waals surface area contributed by atoms with Crippen LogP contribution < -0.4 is 5.73 Å². The van der Waals surface area contributed by atoms with E-state index in [1.165, 1.54) is 22.6 Å². The summed E-state index contributed by atoms with van der Waals surface area (Å²) in [5.41, 5.74) is 8.39. The van der Waals surface area contributed by atoms with Crippen LogP contribution in [0.4, 0.5) is 5.69 Å². The minimum absolute atomic E-state index is 0.0854. The van der Waals surface area contributed by atoms with Crippen LogP contribution in [0.25, 0.3) is 0 Å². The van der Waals surface area contributed by atoms with Gasteiger partial charge in [0.2, 0.25) is 10.0 Å². The van der Waals surface area contributed by atoms with Crippen molar-refractivity contribution in [1.29, 1.82) is 5.26 Å². The Labute approximate surface area is 122 Å². The zero-order valence-corrected chi connectivity index (χ0v) is 11.8. The largest absolute Gasteiger partial charge is 0.399 e. The third-order valence-corrected chi connectivity index (χ3v) is 5.19. The molecule has 0 amide bonds. The zero-order chi connectivity index (χ0) is 15.0. The van der Waals surface area contributed by atoms with Crippen molar-refractivity contribution < 1.29 is 8.42 Å². The Hall–Kier alpha value is -2.43. The predicted molar refractivity (Wildman–Crippen MR) is 76.2 cm³/mol. The van der Waals surface area contributed by atoms with Gasteiger partial charge in [0.1, 0.15) is 16.7 Å². The van der Waals surface area contributed by atoms with Gasteiger partial charge in [-0.15, -0.1) is 0 Å². The van der Waals surface area contributed by atoms with Gasteiger partial charge in [0.05, 0.1) is 0 Å². The molecule has 7 heteroatoms. The number of nitrogens with zero attached hydrogens (tertiary/aromatic N) is 3. The Bertz CT molecular complexity index is 838. The molecule has 0 atom stereocenters. The molecule has 21 heavy (non-hydrogen) atoms. The van der Waals surface area contributed by atoms with Crippen molar-refractivity contribution in [2.24, 2.45) is 0 Å². The van der Waals surface area contributed by atoms with Gasteiger partial charge in [0.15, 0.2) is 0 Å². The van der Waals surface area contributed by atoms with Gasteiger partial charge in [-0.05, 0) is 35.4 Å². The minimum Gasteiger partial charge on any atom is -0.399 e. The number of fused-ring (bicyclic) bond motifs is 1. The molecule has 1 aliphatic heterocycles. The lowest BCUT2D eigenvalue weighted by Gasteiger charge is -2.15. The summed E-state index contributed by atoms with van der Waals surface area (Å²) in [7, 11) is -3.62. The lowest BCUT2D eigenvalue weighted by Crippen LogP contribution is -2.25. The highest BCUT2D eigenvalue weighted by atomic mass is 32.2. The van der Waals surface area contributed by atoms with Crippen LogP contribution in [-0.4, -0.2) is 17.7 Å². The molecular weight excluding hydrogens is 288 g/mol. The smallest absolute Gasteiger partial charge is 0.245 e. The third-order valence-electron chi connectivity index (χ3n) is 3.41. The van der Waals surface area contributed by atoms with E-state index in [2.05, 4.69) is 4.98 Å². The van der Waals surface area contributed by atoms with Gasteiger partial charge in [-0.3, -0.25) is 0 Å². The lowest BCUT2D eigenvalue weighted by atomic mass is 10.1. The lowest BCUT2D eigenvalue weighted by molar-refractivity contribution is 0.431. The second-order valence-corrected chi connectivity index (χ2v) is 6.73. The highest BCUT2D eigenvalue weighted by molar-refractivity contribution is 7.89. The van der Waals surface area contributed by atoms with Crippen LogP contribution in [0.3, 0.4) is 0 Å². The first-order chi connectivity index (χ1) is 10.0. The number of sulfonamides is 1. The van der Waals surface area contributed by atoms with Crippen LogP contribution in [0.5, 0.6) is 0 Å². The Balaban J connectivity index is 1.92. The molecule has 0 saturated carbocycles. The molecule has 0 saturated heterocycles. The van der Waals surface area contributed by atoms with E-state index >= 15 is 0 Å². The average Bonchev–Trinajstić information content (AvgIpc) is 2.91. The SMILES string of the molecule is N#Cc1ccc(S(=O)(=O)N2Cc3ccc(N)cc3C2)cn1. The monoisotopic (exact) mass is 300 g/mol. The highest BCUT2D eigenvalue weighted by Crippen LogP contribution is 2.29. The van der Waals surface area contributed by atoms with Crippen molar-refractivity contribution in [3.05, 3.63) is 53.3 Å². The molecule has 6 nitrogen and oxygen atoms in total. The fourth-order valence-electron chi connectivity index (χ4n) is 2.30. The summed E-state index contributed by atoms with van der Waals surface area (Å²) in [4.78, 5) is 3.90. The number of anilines is 1. The fourth-order valence-corrected chi connectivity index (χ4v) is 3.64. The van der Waals surface area contributed by atoms with Gasteiger partial charge in [-0.2, -0.15) is 9.57 Å². The first-order valence-electron chi connectivity index (χ1n) is 6.24. The Morgan fingerprint density at radius 1 is 1.19 bits per heavy atom. The summed E-state index contributed by atoms with van der Waals surface area (Å²) >= 11 is 0. The second-order valence-electron chi connectivity index (χ2n) is 4.79. The summed E-state index contributed by atoms with van der Waals surface area (Å²) in [5.74, 6) is 0. The predicted octanol–water partition coefficient (Wildman–Crippen LogP) is 1.24. The summed E-state index contributed by atoms with van der Waals surface area (Å²) < 4.78 is 26.5. The number of nitrogen functional groups attached to an aromatic ring is 1. The number of aromatic nitrogens is 1. The normalized spacial score (nSPS) is 14.6. The number of nitrogens with two attached hydrogens (primary N) is 1. The molecule has 2 heterocycles. The summed E-state index contributed by atoms with van der Waals surface area (Å²) in [6.45, 7) is 0.612. The van der Waals surface area contributed by atoms with Crippen molar-refractivity contribution in [2.45, 2.75) is 18.0 Å². The summed E-state index contributed by atoms with van der Waals surface area (Å²) in [5, 5.41) is 8.70. The van der Waals surface area contributed by atoms with Gasteiger partial charge in [-0.1, -0.05) is 6.07 Å². The Morgan fingerprint density at radius 3 is 2.62 bits per heavy atom. The van der Waals surface area contributed by atoms with Crippen molar-refractivity contribution in [3.8, 4) is 6.07 Å². The molecule has 0 radical (unpaired) electrons. The Kier molecular flexibility index (Phi) is 3.12. The van der Waals surface area contributed by atoms with E-state index in [1.54, 1.807) is 12.1 Å². The van der Waals surface area contributed by atoms with E-state index in [1.807, 2.05) is 12.1 Å². The molecule has 2 aromatic rings. The topological polar surface area (TPSA) is 100 Å². The Morgan fingerprint density at radius 2 is 1.95 bits per heavy atom. The molecule has 2 N–H and O–H groups in total. The molecule has 3 rings (SSSR count). The molecule has 1 aliphatic rings. The standard InChI is InChI=1S/C14H12N4O2S/c15-6-13-3-4-14(7-17-13)21(19,20)18-8-10-1-2-12(16)5-11(10)9-18/h1-5,7H,8-9,16H2. The number of benzene rings is 1. The third kappa shape index (κ3) is 2.35.